The van der Waals surface area contributed by atoms with E-state index in [4.69, 9.17) is 0 Å². The van der Waals surface area contributed by atoms with E-state index < -0.39 is 0 Å². The van der Waals surface area contributed by atoms with Gasteiger partial charge >= 0.3 is 0 Å². The molecule has 2 aromatic heterocycles. The van der Waals surface area contributed by atoms with Crippen molar-refractivity contribution in [2.24, 2.45) is 0 Å². The average Bonchev–Trinajstić information content (AvgIpc) is 2.82. The van der Waals surface area contributed by atoms with Gasteiger partial charge in [0.25, 0.3) is 0 Å². The topological polar surface area (TPSA) is 61.3 Å². The van der Waals surface area contributed by atoms with Crippen molar-refractivity contribution >= 4 is 27.4 Å². The van der Waals surface area contributed by atoms with Crippen molar-refractivity contribution in [1.29, 1.82) is 0 Å². The van der Waals surface area contributed by atoms with Crippen molar-refractivity contribution in [1.82, 2.24) is 14.9 Å². The Morgan fingerprint density at radius 2 is 2.25 bits per heavy atom. The Labute approximate surface area is 123 Å². The Bertz CT molecular complexity index is 555. The van der Waals surface area contributed by atoms with E-state index in [0.717, 1.165) is 34.8 Å². The molecule has 0 bridgehead atoms. The number of aromatic nitrogens is 2. The van der Waals surface area contributed by atoms with Gasteiger partial charge in [-0.3, -0.25) is 4.90 Å². The van der Waals surface area contributed by atoms with E-state index in [1.165, 1.54) is 0 Å². The minimum Gasteiger partial charge on any atom is -0.392 e. The highest BCUT2D eigenvalue weighted by Gasteiger charge is 2.11. The van der Waals surface area contributed by atoms with Gasteiger partial charge in [0.05, 0.1) is 18.0 Å². The number of aliphatic hydroxyl groups is 1. The number of hydrogen-bond donors (Lipinski definition) is 2. The van der Waals surface area contributed by atoms with Crippen LogP contribution in [0.3, 0.4) is 0 Å². The van der Waals surface area contributed by atoms with E-state index >= 15 is 0 Å². The molecule has 2 heterocycles. The number of likely N-dealkylation sites (N-methyl/N-ethyl adjacent to an activating group) is 1. The average molecular weight is 294 g/mol. The Balaban J connectivity index is 2.20. The lowest BCUT2D eigenvalue weighted by molar-refractivity contribution is 0.137. The Kier molecular flexibility index (Phi) is 5.28. The summed E-state index contributed by atoms with van der Waals surface area (Å²) in [7, 11) is 1.97. The number of rotatable bonds is 7. The van der Waals surface area contributed by atoms with Crippen LogP contribution < -0.4 is 5.32 Å². The maximum atomic E-state index is 9.42. The van der Waals surface area contributed by atoms with Crippen molar-refractivity contribution in [3.05, 3.63) is 17.3 Å². The molecule has 0 saturated heterocycles. The first-order chi connectivity index (χ1) is 9.60. The van der Waals surface area contributed by atoms with Crippen molar-refractivity contribution in [3.8, 4) is 0 Å². The Hall–Kier alpha value is -1.24. The van der Waals surface area contributed by atoms with Crippen LogP contribution in [-0.4, -0.2) is 46.2 Å². The molecule has 20 heavy (non-hydrogen) atoms. The molecule has 0 radical (unpaired) electrons. The van der Waals surface area contributed by atoms with Crippen molar-refractivity contribution in [2.45, 2.75) is 32.9 Å². The number of fused-ring (bicyclic) bond motifs is 1. The zero-order chi connectivity index (χ0) is 14.5. The molecule has 0 aliphatic heterocycles. The van der Waals surface area contributed by atoms with Crippen LogP contribution >= 0.6 is 11.3 Å². The molecule has 6 heteroatoms. The maximum absolute atomic E-state index is 9.42. The summed E-state index contributed by atoms with van der Waals surface area (Å²) in [6, 6.07) is 2.06. The molecule has 2 rings (SSSR count). The van der Waals surface area contributed by atoms with Gasteiger partial charge in [-0.2, -0.15) is 0 Å². The third kappa shape index (κ3) is 3.88. The van der Waals surface area contributed by atoms with Crippen LogP contribution in [0.1, 0.15) is 26.1 Å². The Morgan fingerprint density at radius 1 is 1.45 bits per heavy atom. The number of nitrogens with one attached hydrogen (secondary N) is 1. The molecule has 0 aromatic carbocycles. The van der Waals surface area contributed by atoms with Crippen LogP contribution in [0.25, 0.3) is 10.2 Å². The fourth-order valence-electron chi connectivity index (χ4n) is 2.11. The third-order valence-electron chi connectivity index (χ3n) is 2.90. The van der Waals surface area contributed by atoms with Gasteiger partial charge in [0.2, 0.25) is 0 Å². The molecule has 2 aromatic rings. The largest absolute Gasteiger partial charge is 0.392 e. The highest BCUT2D eigenvalue weighted by molar-refractivity contribution is 7.16. The number of anilines is 1. The monoisotopic (exact) mass is 294 g/mol. The van der Waals surface area contributed by atoms with Crippen LogP contribution in [0.15, 0.2) is 11.4 Å². The van der Waals surface area contributed by atoms with Gasteiger partial charge in [0.1, 0.15) is 16.5 Å². The fraction of sp³-hybridized carbons (Fsp3) is 0.571. The van der Waals surface area contributed by atoms with E-state index in [1.54, 1.807) is 18.3 Å². The second kappa shape index (κ2) is 6.97. The first-order valence-corrected chi connectivity index (χ1v) is 7.82. The fourth-order valence-corrected chi connectivity index (χ4v) is 2.89. The SMILES string of the molecule is CCCNc1nc(CN(C)CC(C)O)nc2sccc12. The van der Waals surface area contributed by atoms with E-state index in [0.29, 0.717) is 13.1 Å². The Morgan fingerprint density at radius 3 is 2.95 bits per heavy atom. The van der Waals surface area contributed by atoms with Gasteiger partial charge in [0.15, 0.2) is 0 Å². The van der Waals surface area contributed by atoms with Gasteiger partial charge in [0, 0.05) is 13.1 Å². The van der Waals surface area contributed by atoms with E-state index in [1.807, 2.05) is 17.3 Å². The van der Waals surface area contributed by atoms with Crippen LogP contribution in [0.4, 0.5) is 5.82 Å². The molecule has 0 aliphatic carbocycles. The van der Waals surface area contributed by atoms with Gasteiger partial charge in [-0.05, 0) is 31.8 Å². The minimum absolute atomic E-state index is 0.344. The summed E-state index contributed by atoms with van der Waals surface area (Å²) in [5.41, 5.74) is 0. The second-order valence-corrected chi connectivity index (χ2v) is 5.99. The quantitative estimate of drug-likeness (QED) is 0.820. The van der Waals surface area contributed by atoms with Gasteiger partial charge in [-0.25, -0.2) is 9.97 Å². The summed E-state index contributed by atoms with van der Waals surface area (Å²) in [6.07, 6.45) is 0.718. The lowest BCUT2D eigenvalue weighted by atomic mass is 10.3. The molecule has 1 atom stereocenters. The van der Waals surface area contributed by atoms with Crippen LogP contribution in [0.2, 0.25) is 0 Å². The molecule has 0 spiro atoms. The standard InChI is InChI=1S/C14H22N4OS/c1-4-6-15-13-11-5-7-20-14(11)17-12(16-13)9-18(3)8-10(2)19/h5,7,10,19H,4,6,8-9H2,1-3H3,(H,15,16,17). The molecule has 0 aliphatic rings. The van der Waals surface area contributed by atoms with Gasteiger partial charge in [-0.15, -0.1) is 11.3 Å². The summed E-state index contributed by atoms with van der Waals surface area (Å²) in [5, 5.41) is 15.9. The summed E-state index contributed by atoms with van der Waals surface area (Å²) in [4.78, 5) is 12.3. The van der Waals surface area contributed by atoms with Gasteiger partial charge in [-0.1, -0.05) is 6.92 Å². The summed E-state index contributed by atoms with van der Waals surface area (Å²) in [6.45, 7) is 6.08. The zero-order valence-electron chi connectivity index (χ0n) is 12.3. The molecule has 0 saturated carbocycles. The predicted octanol–water partition coefficient (Wildman–Crippen LogP) is 2.33. The van der Waals surface area contributed by atoms with Crippen LogP contribution in [0, 0.1) is 0 Å². The summed E-state index contributed by atoms with van der Waals surface area (Å²) >= 11 is 1.63. The second-order valence-electron chi connectivity index (χ2n) is 5.10. The molecular weight excluding hydrogens is 272 g/mol. The van der Waals surface area contributed by atoms with Crippen molar-refractivity contribution in [3.63, 3.8) is 0 Å². The summed E-state index contributed by atoms with van der Waals surface area (Å²) < 4.78 is 0. The smallest absolute Gasteiger partial charge is 0.146 e. The molecule has 110 valence electrons. The number of nitrogens with zero attached hydrogens (tertiary/aromatic N) is 3. The van der Waals surface area contributed by atoms with Gasteiger partial charge < -0.3 is 10.4 Å². The van der Waals surface area contributed by atoms with E-state index in [2.05, 4.69) is 28.3 Å². The first-order valence-electron chi connectivity index (χ1n) is 6.94. The number of hydrogen-bond acceptors (Lipinski definition) is 6. The normalized spacial score (nSPS) is 13.1. The zero-order valence-corrected chi connectivity index (χ0v) is 13.1. The van der Waals surface area contributed by atoms with E-state index in [-0.39, 0.29) is 6.10 Å². The summed E-state index contributed by atoms with van der Waals surface area (Å²) in [5.74, 6) is 1.71. The molecule has 0 fully saturated rings. The maximum Gasteiger partial charge on any atom is 0.146 e. The highest BCUT2D eigenvalue weighted by atomic mass is 32.1. The van der Waals surface area contributed by atoms with E-state index in [9.17, 15) is 5.11 Å². The lowest BCUT2D eigenvalue weighted by Gasteiger charge is -2.17. The molecule has 2 N–H and O–H groups in total. The number of aliphatic hydroxyl groups excluding tert-OH is 1. The number of thiophene rings is 1. The van der Waals surface area contributed by atoms with Crippen LogP contribution in [-0.2, 0) is 6.54 Å². The highest BCUT2D eigenvalue weighted by Crippen LogP contribution is 2.25. The molecular formula is C14H22N4OS. The first kappa shape index (κ1) is 15.2. The predicted molar refractivity (Wildman–Crippen MR) is 84.2 cm³/mol. The lowest BCUT2D eigenvalue weighted by Crippen LogP contribution is -2.27. The minimum atomic E-state index is -0.344. The molecule has 0 amide bonds. The molecule has 5 nitrogen and oxygen atoms in total. The molecule has 1 unspecified atom stereocenters. The van der Waals surface area contributed by atoms with Crippen LogP contribution in [0.5, 0.6) is 0 Å². The third-order valence-corrected chi connectivity index (χ3v) is 3.71. The van der Waals surface area contributed by atoms with Crippen molar-refractivity contribution < 1.29 is 5.11 Å². The van der Waals surface area contributed by atoms with Crippen molar-refractivity contribution in [2.75, 3.05) is 25.5 Å².